The van der Waals surface area contributed by atoms with Gasteiger partial charge in [-0.25, -0.2) is 0 Å². The Kier molecular flexibility index (Phi) is 4.18. The largest absolute Gasteiger partial charge is 0.409 e. The molecule has 0 aromatic heterocycles. The molecule has 0 radical (unpaired) electrons. The predicted molar refractivity (Wildman–Crippen MR) is 64.9 cm³/mol. The maximum absolute atomic E-state index is 9.89. The molecule has 1 saturated heterocycles. The molecule has 0 aliphatic carbocycles. The monoisotopic (exact) mass is 248 g/mol. The van der Waals surface area contributed by atoms with E-state index in [1.54, 1.807) is 0 Å². The smallest absolute Gasteiger partial charge is 0.192 e. The lowest BCUT2D eigenvalue weighted by atomic mass is 10.2. The van der Waals surface area contributed by atoms with E-state index in [1.807, 2.05) is 0 Å². The second-order valence-electron chi connectivity index (χ2n) is 5.96. The first-order valence-electron chi connectivity index (χ1n) is 5.77. The van der Waals surface area contributed by atoms with E-state index in [0.717, 1.165) is 0 Å². The van der Waals surface area contributed by atoms with Crippen LogP contribution in [0, 0.1) is 0 Å². The predicted octanol–water partition coefficient (Wildman–Crippen LogP) is 1.13. The van der Waals surface area contributed by atoms with Crippen LogP contribution in [0.4, 0.5) is 0 Å². The van der Waals surface area contributed by atoms with Gasteiger partial charge in [-0.1, -0.05) is 20.8 Å². The van der Waals surface area contributed by atoms with Crippen LogP contribution in [0.25, 0.3) is 0 Å². The van der Waals surface area contributed by atoms with Gasteiger partial charge in [0.1, 0.15) is 12.2 Å². The third-order valence-electron chi connectivity index (χ3n) is 3.67. The lowest BCUT2D eigenvalue weighted by Crippen LogP contribution is -2.47. The van der Waals surface area contributed by atoms with Gasteiger partial charge >= 0.3 is 0 Å². The van der Waals surface area contributed by atoms with E-state index in [-0.39, 0.29) is 17.7 Å². The van der Waals surface area contributed by atoms with Crippen LogP contribution in [0.1, 0.15) is 20.8 Å². The van der Waals surface area contributed by atoms with Crippen molar-refractivity contribution in [3.8, 4) is 0 Å². The standard InChI is InChI=1S/C11H24O4Si/c1-11(2,3)16(4,5)15-9-7-14-8(6-12)10(9)13/h8-10,12-13H,6-7H2,1-5H3/t8-,9-,10?/m1/s1. The molecular formula is C11H24O4Si. The van der Waals surface area contributed by atoms with Crippen molar-refractivity contribution in [1.82, 2.24) is 0 Å². The zero-order valence-corrected chi connectivity index (χ0v) is 11.9. The summed E-state index contributed by atoms with van der Waals surface area (Å²) in [5, 5.41) is 19.0. The summed E-state index contributed by atoms with van der Waals surface area (Å²) in [6.45, 7) is 11.0. The Morgan fingerprint density at radius 1 is 1.38 bits per heavy atom. The molecule has 1 heterocycles. The van der Waals surface area contributed by atoms with Crippen molar-refractivity contribution in [3.63, 3.8) is 0 Å². The molecule has 0 spiro atoms. The topological polar surface area (TPSA) is 58.9 Å². The summed E-state index contributed by atoms with van der Waals surface area (Å²) < 4.78 is 11.3. The van der Waals surface area contributed by atoms with Gasteiger partial charge in [-0.3, -0.25) is 0 Å². The summed E-state index contributed by atoms with van der Waals surface area (Å²) in [7, 11) is -1.88. The number of aliphatic hydroxyl groups excluding tert-OH is 2. The highest BCUT2D eigenvalue weighted by Gasteiger charge is 2.44. The first kappa shape index (κ1) is 14.1. The molecule has 1 aliphatic heterocycles. The van der Waals surface area contributed by atoms with E-state index < -0.39 is 20.5 Å². The number of hydrogen-bond donors (Lipinski definition) is 2. The SMILES string of the molecule is CC(C)(C)[Si](C)(C)O[C@@H]1CO[C@H](CO)C1O. The Labute approximate surface area is 98.7 Å². The fraction of sp³-hybridized carbons (Fsp3) is 1.00. The fourth-order valence-corrected chi connectivity index (χ4v) is 2.79. The van der Waals surface area contributed by atoms with Gasteiger partial charge in [0.05, 0.1) is 19.3 Å². The first-order chi connectivity index (χ1) is 7.19. The van der Waals surface area contributed by atoms with Gasteiger partial charge in [-0.2, -0.15) is 0 Å². The molecule has 4 nitrogen and oxygen atoms in total. The molecule has 0 aromatic carbocycles. The highest BCUT2D eigenvalue weighted by atomic mass is 28.4. The van der Waals surface area contributed by atoms with Crippen LogP contribution in [0.2, 0.25) is 18.1 Å². The minimum absolute atomic E-state index is 0.115. The van der Waals surface area contributed by atoms with Crippen molar-refractivity contribution in [2.24, 2.45) is 0 Å². The molecule has 2 N–H and O–H groups in total. The Morgan fingerprint density at radius 2 is 1.94 bits per heavy atom. The maximum atomic E-state index is 9.89. The van der Waals surface area contributed by atoms with Gasteiger partial charge in [0.25, 0.3) is 0 Å². The van der Waals surface area contributed by atoms with E-state index in [9.17, 15) is 5.11 Å². The van der Waals surface area contributed by atoms with E-state index in [4.69, 9.17) is 14.3 Å². The summed E-state index contributed by atoms with van der Waals surface area (Å²) >= 11 is 0. The van der Waals surface area contributed by atoms with Crippen molar-refractivity contribution >= 4 is 8.32 Å². The van der Waals surface area contributed by atoms with Gasteiger partial charge in [0.15, 0.2) is 8.32 Å². The van der Waals surface area contributed by atoms with Crippen LogP contribution < -0.4 is 0 Å². The highest BCUT2D eigenvalue weighted by molar-refractivity contribution is 6.74. The summed E-state index contributed by atoms with van der Waals surface area (Å²) in [4.78, 5) is 0. The molecule has 16 heavy (non-hydrogen) atoms. The number of hydrogen-bond acceptors (Lipinski definition) is 4. The molecule has 1 aliphatic rings. The molecule has 1 fully saturated rings. The van der Waals surface area contributed by atoms with Gasteiger partial charge < -0.3 is 19.4 Å². The molecule has 3 atom stereocenters. The Bertz CT molecular complexity index is 237. The Balaban J connectivity index is 2.62. The summed E-state index contributed by atoms with van der Waals surface area (Å²) in [6, 6.07) is 0. The van der Waals surface area contributed by atoms with Crippen molar-refractivity contribution in [3.05, 3.63) is 0 Å². The molecule has 96 valence electrons. The van der Waals surface area contributed by atoms with Crippen LogP contribution in [-0.2, 0) is 9.16 Å². The average molecular weight is 248 g/mol. The molecule has 1 rings (SSSR count). The molecule has 0 bridgehead atoms. The van der Waals surface area contributed by atoms with Crippen molar-refractivity contribution in [2.75, 3.05) is 13.2 Å². The molecule has 0 aromatic rings. The van der Waals surface area contributed by atoms with Gasteiger partial charge in [-0.15, -0.1) is 0 Å². The number of aliphatic hydroxyl groups is 2. The first-order valence-corrected chi connectivity index (χ1v) is 8.68. The van der Waals surface area contributed by atoms with Crippen LogP contribution in [0.3, 0.4) is 0 Å². The molecule has 1 unspecified atom stereocenters. The lowest BCUT2D eigenvalue weighted by Gasteiger charge is -2.38. The van der Waals surface area contributed by atoms with Crippen LogP contribution >= 0.6 is 0 Å². The third-order valence-corrected chi connectivity index (χ3v) is 8.17. The molecule has 0 amide bonds. The van der Waals surface area contributed by atoms with E-state index in [1.165, 1.54) is 0 Å². The van der Waals surface area contributed by atoms with Gasteiger partial charge in [0, 0.05) is 0 Å². The second kappa shape index (κ2) is 4.74. The minimum atomic E-state index is -1.88. The minimum Gasteiger partial charge on any atom is -0.409 e. The molecule has 5 heteroatoms. The quantitative estimate of drug-likeness (QED) is 0.735. The number of rotatable bonds is 3. The van der Waals surface area contributed by atoms with Crippen molar-refractivity contribution in [1.29, 1.82) is 0 Å². The zero-order chi connectivity index (χ0) is 12.6. The highest BCUT2D eigenvalue weighted by Crippen LogP contribution is 2.38. The van der Waals surface area contributed by atoms with E-state index >= 15 is 0 Å². The maximum Gasteiger partial charge on any atom is 0.192 e. The third kappa shape index (κ3) is 2.84. The Hall–Kier alpha value is 0.0569. The second-order valence-corrected chi connectivity index (χ2v) is 10.7. The average Bonchev–Trinajstić information content (AvgIpc) is 2.45. The Morgan fingerprint density at radius 3 is 2.31 bits per heavy atom. The van der Waals surface area contributed by atoms with E-state index in [0.29, 0.717) is 6.61 Å². The van der Waals surface area contributed by atoms with Crippen molar-refractivity contribution in [2.45, 2.75) is 57.2 Å². The summed E-state index contributed by atoms with van der Waals surface area (Å²) in [5.41, 5.74) is 0. The van der Waals surface area contributed by atoms with Crippen LogP contribution in [-0.4, -0.2) is 50.1 Å². The normalized spacial score (nSPS) is 32.1. The van der Waals surface area contributed by atoms with E-state index in [2.05, 4.69) is 33.9 Å². The van der Waals surface area contributed by atoms with Gasteiger partial charge in [0.2, 0.25) is 0 Å². The van der Waals surface area contributed by atoms with Gasteiger partial charge in [-0.05, 0) is 18.1 Å². The summed E-state index contributed by atoms with van der Waals surface area (Å²) in [6.07, 6.45) is -1.49. The molecular weight excluding hydrogens is 224 g/mol. The lowest BCUT2D eigenvalue weighted by molar-refractivity contribution is -0.00447. The van der Waals surface area contributed by atoms with Crippen LogP contribution in [0.5, 0.6) is 0 Å². The fourth-order valence-electron chi connectivity index (χ4n) is 1.47. The van der Waals surface area contributed by atoms with Crippen LogP contribution in [0.15, 0.2) is 0 Å². The number of ether oxygens (including phenoxy) is 1. The van der Waals surface area contributed by atoms with Crippen molar-refractivity contribution < 1.29 is 19.4 Å². The zero-order valence-electron chi connectivity index (χ0n) is 10.9. The molecule has 0 saturated carbocycles. The summed E-state index contributed by atoms with van der Waals surface area (Å²) in [5.74, 6) is 0.